The number of carbonyl (C=O) groups is 3. The number of rotatable bonds is 7. The van der Waals surface area contributed by atoms with E-state index in [-0.39, 0.29) is 5.91 Å². The molecular formula is C32H36ClN3O6. The number of carboxylic acids is 2. The smallest absolute Gasteiger partial charge is 0.414 e. The fourth-order valence-electron chi connectivity index (χ4n) is 5.39. The molecule has 1 saturated heterocycles. The molecule has 3 aromatic carbocycles. The van der Waals surface area contributed by atoms with Crippen molar-refractivity contribution in [3.8, 4) is 5.75 Å². The Morgan fingerprint density at radius 1 is 0.786 bits per heavy atom. The van der Waals surface area contributed by atoms with Gasteiger partial charge in [0, 0.05) is 37.6 Å². The normalized spacial score (nSPS) is 14.5. The van der Waals surface area contributed by atoms with Crippen molar-refractivity contribution < 1.29 is 29.3 Å². The summed E-state index contributed by atoms with van der Waals surface area (Å²) in [6.45, 7) is 5.05. The summed E-state index contributed by atoms with van der Waals surface area (Å²) >= 11 is 6.35. The summed E-state index contributed by atoms with van der Waals surface area (Å²) in [4.78, 5) is 38.6. The summed E-state index contributed by atoms with van der Waals surface area (Å²) in [6.07, 6.45) is 4.25. The van der Waals surface area contributed by atoms with Gasteiger partial charge in [0.25, 0.3) is 0 Å². The zero-order valence-corrected chi connectivity index (χ0v) is 24.4. The van der Waals surface area contributed by atoms with Crippen molar-refractivity contribution in [2.24, 2.45) is 0 Å². The van der Waals surface area contributed by atoms with E-state index in [9.17, 15) is 4.79 Å². The van der Waals surface area contributed by atoms with Gasteiger partial charge < -0.3 is 19.8 Å². The van der Waals surface area contributed by atoms with E-state index in [0.717, 1.165) is 75.5 Å². The predicted molar refractivity (Wildman–Crippen MR) is 163 cm³/mol. The van der Waals surface area contributed by atoms with Crippen LogP contribution in [0.1, 0.15) is 30.4 Å². The third-order valence-corrected chi connectivity index (χ3v) is 7.77. The Morgan fingerprint density at radius 3 is 2.07 bits per heavy atom. The van der Waals surface area contributed by atoms with Gasteiger partial charge in [0.05, 0.1) is 24.2 Å². The number of benzene rings is 3. The third-order valence-electron chi connectivity index (χ3n) is 7.53. The van der Waals surface area contributed by atoms with Crippen LogP contribution >= 0.6 is 11.6 Å². The molecule has 0 bridgehead atoms. The number of fused-ring (bicyclic) bond motifs is 2. The van der Waals surface area contributed by atoms with Gasteiger partial charge in [-0.2, -0.15) is 0 Å². The van der Waals surface area contributed by atoms with Crippen LogP contribution in [0.3, 0.4) is 0 Å². The Bertz CT molecular complexity index is 1390. The quantitative estimate of drug-likeness (QED) is 0.282. The summed E-state index contributed by atoms with van der Waals surface area (Å²) in [6, 6.07) is 22.4. The average Bonchev–Trinajstić information content (AvgIpc) is 3.16. The fraction of sp³-hybridized carbons (Fsp3) is 0.344. The van der Waals surface area contributed by atoms with Crippen LogP contribution in [0.15, 0.2) is 66.7 Å². The summed E-state index contributed by atoms with van der Waals surface area (Å²) in [5.41, 5.74) is 5.49. The minimum atomic E-state index is -1.82. The van der Waals surface area contributed by atoms with Crippen molar-refractivity contribution in [1.29, 1.82) is 0 Å². The summed E-state index contributed by atoms with van der Waals surface area (Å²) in [5, 5.41) is 15.4. The highest BCUT2D eigenvalue weighted by Crippen LogP contribution is 2.38. The van der Waals surface area contributed by atoms with Crippen molar-refractivity contribution in [2.75, 3.05) is 49.6 Å². The summed E-state index contributed by atoms with van der Waals surface area (Å²) in [7, 11) is 1.73. The van der Waals surface area contributed by atoms with E-state index in [4.69, 9.17) is 36.1 Å². The number of anilines is 3. The highest BCUT2D eigenvalue weighted by Gasteiger charge is 2.26. The van der Waals surface area contributed by atoms with Crippen molar-refractivity contribution >= 4 is 46.5 Å². The largest absolute Gasteiger partial charge is 0.495 e. The second kappa shape index (κ2) is 14.7. The molecule has 9 nitrogen and oxygen atoms in total. The van der Waals surface area contributed by atoms with Crippen molar-refractivity contribution in [2.45, 2.75) is 32.1 Å². The number of aliphatic carboxylic acids is 2. The van der Waals surface area contributed by atoms with Crippen molar-refractivity contribution in [3.63, 3.8) is 0 Å². The maximum atomic E-state index is 13.5. The number of halogens is 1. The number of ether oxygens (including phenoxy) is 1. The number of para-hydroxylation sites is 3. The molecule has 1 amide bonds. The molecule has 0 atom stereocenters. The molecule has 0 spiro atoms. The number of carboxylic acid groups (broad SMARTS) is 2. The van der Waals surface area contributed by atoms with E-state index in [1.807, 2.05) is 35.2 Å². The monoisotopic (exact) mass is 593 g/mol. The highest BCUT2D eigenvalue weighted by molar-refractivity contribution is 6.31. The molecule has 222 valence electrons. The molecular weight excluding hydrogens is 558 g/mol. The molecule has 5 rings (SSSR count). The summed E-state index contributed by atoms with van der Waals surface area (Å²) < 4.78 is 5.54. The molecule has 0 aromatic heterocycles. The van der Waals surface area contributed by atoms with Crippen LogP contribution in [-0.2, 0) is 27.2 Å². The second-order valence-electron chi connectivity index (χ2n) is 10.2. The van der Waals surface area contributed by atoms with E-state index < -0.39 is 11.9 Å². The fourth-order valence-corrected chi connectivity index (χ4v) is 5.56. The number of unbranched alkanes of at least 4 members (excludes halogenated alkanes) is 1. The Morgan fingerprint density at radius 2 is 1.40 bits per heavy atom. The third kappa shape index (κ3) is 7.80. The zero-order valence-electron chi connectivity index (χ0n) is 23.7. The van der Waals surface area contributed by atoms with Crippen LogP contribution in [0.4, 0.5) is 17.1 Å². The molecule has 0 aliphatic carbocycles. The first kappa shape index (κ1) is 30.9. The van der Waals surface area contributed by atoms with Crippen molar-refractivity contribution in [1.82, 2.24) is 4.90 Å². The lowest BCUT2D eigenvalue weighted by Gasteiger charge is -2.36. The van der Waals surface area contributed by atoms with Gasteiger partial charge in [-0.05, 0) is 73.7 Å². The Kier molecular flexibility index (Phi) is 10.8. The van der Waals surface area contributed by atoms with Crippen LogP contribution in [-0.4, -0.2) is 72.8 Å². The van der Waals surface area contributed by atoms with Gasteiger partial charge in [0.2, 0.25) is 5.91 Å². The minimum absolute atomic E-state index is 0.147. The molecule has 0 radical (unpaired) electrons. The van der Waals surface area contributed by atoms with E-state index in [2.05, 4.69) is 46.2 Å². The minimum Gasteiger partial charge on any atom is -0.495 e. The van der Waals surface area contributed by atoms with Gasteiger partial charge in [-0.15, -0.1) is 0 Å². The van der Waals surface area contributed by atoms with Crippen molar-refractivity contribution in [3.05, 3.63) is 82.9 Å². The molecule has 2 N–H and O–H groups in total. The van der Waals surface area contributed by atoms with Gasteiger partial charge in [-0.25, -0.2) is 9.59 Å². The molecule has 2 aliphatic rings. The standard InChI is InChI=1S/C30H34ClN3O2.C2H2O4/c1-36-29-11-5-4-10-27(29)33-20-18-32(19-21-33)17-7-6-12-30(35)34-26-9-3-2-8-23(26)13-14-24-15-16-25(31)22-28(24)34;3-1(4)2(5)6/h2-5,8-11,15-16,22H,6-7,12-14,17-21H2,1H3;(H,3,4)(H,5,6). The van der Waals surface area contributed by atoms with E-state index >= 15 is 0 Å². The van der Waals surface area contributed by atoms with Gasteiger partial charge in [0.1, 0.15) is 5.75 Å². The number of carbonyl (C=O) groups excluding carboxylic acids is 1. The lowest BCUT2D eigenvalue weighted by atomic mass is 10.0. The SMILES string of the molecule is COc1ccccc1N1CCN(CCCCC(=O)N2c3ccccc3CCc3ccc(Cl)cc32)CC1.O=C(O)C(=O)O. The molecule has 2 aliphatic heterocycles. The molecule has 3 aromatic rings. The highest BCUT2D eigenvalue weighted by atomic mass is 35.5. The first-order valence-corrected chi connectivity index (χ1v) is 14.4. The number of amides is 1. The van der Waals surface area contributed by atoms with Crippen LogP contribution in [0.25, 0.3) is 0 Å². The molecule has 2 heterocycles. The topological polar surface area (TPSA) is 111 Å². The number of hydrogen-bond acceptors (Lipinski definition) is 6. The summed E-state index contributed by atoms with van der Waals surface area (Å²) in [5.74, 6) is -2.57. The van der Waals surface area contributed by atoms with E-state index in [1.165, 1.54) is 16.8 Å². The van der Waals surface area contributed by atoms with Crippen LogP contribution in [0.5, 0.6) is 5.75 Å². The zero-order chi connectivity index (χ0) is 30.1. The first-order chi connectivity index (χ1) is 20.3. The molecule has 42 heavy (non-hydrogen) atoms. The Balaban J connectivity index is 0.000000612. The molecule has 0 saturated carbocycles. The van der Waals surface area contributed by atoms with E-state index in [1.54, 1.807) is 7.11 Å². The van der Waals surface area contributed by atoms with Gasteiger partial charge >= 0.3 is 11.9 Å². The average molecular weight is 594 g/mol. The number of aryl methyl sites for hydroxylation is 2. The second-order valence-corrected chi connectivity index (χ2v) is 10.6. The number of hydrogen-bond donors (Lipinski definition) is 2. The first-order valence-electron chi connectivity index (χ1n) is 14.0. The van der Waals surface area contributed by atoms with E-state index in [0.29, 0.717) is 11.4 Å². The lowest BCUT2D eigenvalue weighted by Crippen LogP contribution is -2.46. The maximum absolute atomic E-state index is 13.5. The number of nitrogens with zero attached hydrogens (tertiary/aromatic N) is 3. The lowest BCUT2D eigenvalue weighted by molar-refractivity contribution is -0.159. The van der Waals surface area contributed by atoms with Crippen LogP contribution in [0, 0.1) is 0 Å². The predicted octanol–water partition coefficient (Wildman–Crippen LogP) is 5.26. The number of methoxy groups -OCH3 is 1. The Labute approximate surface area is 250 Å². The maximum Gasteiger partial charge on any atom is 0.414 e. The Hall–Kier alpha value is -4.08. The van der Waals surface area contributed by atoms with Gasteiger partial charge in [-0.3, -0.25) is 14.6 Å². The van der Waals surface area contributed by atoms with Crippen LogP contribution in [0.2, 0.25) is 5.02 Å². The number of piperazine rings is 1. The molecule has 10 heteroatoms. The van der Waals surface area contributed by atoms with Gasteiger partial charge in [0.15, 0.2) is 0 Å². The molecule has 1 fully saturated rings. The van der Waals surface area contributed by atoms with Crippen LogP contribution < -0.4 is 14.5 Å². The molecule has 0 unspecified atom stereocenters. The van der Waals surface area contributed by atoms with Gasteiger partial charge in [-0.1, -0.05) is 48.0 Å².